The Kier molecular flexibility index (Phi) is 2.90. The van der Waals surface area contributed by atoms with Crippen molar-refractivity contribution in [3.8, 4) is 11.5 Å². The van der Waals surface area contributed by atoms with Gasteiger partial charge in [0.05, 0.1) is 12.7 Å². The average molecular weight is 258 g/mol. The fraction of sp³-hybridized carbons (Fsp3) is 0.182. The van der Waals surface area contributed by atoms with Gasteiger partial charge in [0.2, 0.25) is 0 Å². The van der Waals surface area contributed by atoms with Crippen molar-refractivity contribution >= 4 is 0 Å². The molecule has 1 aromatic heterocycles. The van der Waals surface area contributed by atoms with Crippen LogP contribution in [0.3, 0.4) is 0 Å². The first-order chi connectivity index (χ1) is 8.46. The van der Waals surface area contributed by atoms with Crippen molar-refractivity contribution in [2.24, 2.45) is 0 Å². The van der Waals surface area contributed by atoms with E-state index in [-0.39, 0.29) is 0 Å². The molecule has 0 radical (unpaired) electrons. The van der Waals surface area contributed by atoms with Gasteiger partial charge in [-0.1, -0.05) is 0 Å². The number of ether oxygens (including phenoxy) is 1. The van der Waals surface area contributed by atoms with Crippen molar-refractivity contribution in [2.45, 2.75) is 6.05 Å². The van der Waals surface area contributed by atoms with E-state index in [2.05, 4.69) is 9.84 Å². The molecular weight excluding hydrogens is 249 g/mol. The van der Waals surface area contributed by atoms with Crippen LogP contribution < -0.4 is 4.74 Å². The number of aromatic hydroxyl groups is 1. The topological polar surface area (TPSA) is 47.3 Å². The van der Waals surface area contributed by atoms with E-state index in [1.807, 2.05) is 0 Å². The van der Waals surface area contributed by atoms with Crippen molar-refractivity contribution < 1.29 is 23.0 Å². The highest BCUT2D eigenvalue weighted by atomic mass is 19.3. The molecule has 2 aromatic rings. The van der Waals surface area contributed by atoms with E-state index in [0.717, 1.165) is 19.4 Å². The van der Waals surface area contributed by atoms with Gasteiger partial charge in [-0.25, -0.2) is 9.07 Å². The zero-order chi connectivity index (χ0) is 13.3. The van der Waals surface area contributed by atoms with Gasteiger partial charge in [0, 0.05) is 18.5 Å². The van der Waals surface area contributed by atoms with Gasteiger partial charge in [-0.15, -0.1) is 0 Å². The highest BCUT2D eigenvalue weighted by Crippen LogP contribution is 2.39. The van der Waals surface area contributed by atoms with E-state index in [4.69, 9.17) is 0 Å². The van der Waals surface area contributed by atoms with Gasteiger partial charge in [-0.3, -0.25) is 0 Å². The lowest BCUT2D eigenvalue weighted by atomic mass is 10.1. The number of phenols is 1. The molecule has 0 saturated heterocycles. The van der Waals surface area contributed by atoms with Crippen molar-refractivity contribution in [2.75, 3.05) is 7.11 Å². The van der Waals surface area contributed by atoms with Crippen LogP contribution in [0.4, 0.5) is 13.2 Å². The Balaban J connectivity index is 2.63. The highest BCUT2D eigenvalue weighted by molar-refractivity contribution is 5.43. The quantitative estimate of drug-likeness (QED) is 0.919. The van der Waals surface area contributed by atoms with E-state index in [1.165, 1.54) is 12.3 Å². The summed E-state index contributed by atoms with van der Waals surface area (Å²) in [6, 6.07) is -0.890. The first kappa shape index (κ1) is 12.3. The first-order valence-electron chi connectivity index (χ1n) is 4.91. The van der Waals surface area contributed by atoms with Gasteiger partial charge in [0.25, 0.3) is 0 Å². The fourth-order valence-electron chi connectivity index (χ4n) is 1.57. The average Bonchev–Trinajstić information content (AvgIpc) is 2.82. The van der Waals surface area contributed by atoms with Crippen LogP contribution in [0.2, 0.25) is 0 Å². The number of alkyl halides is 2. The molecule has 0 unspecified atom stereocenters. The molecule has 0 fully saturated rings. The van der Waals surface area contributed by atoms with Gasteiger partial charge in [0.1, 0.15) is 5.75 Å². The lowest BCUT2D eigenvalue weighted by Gasteiger charge is -2.20. The molecule has 1 N–H and O–H groups in total. The summed E-state index contributed by atoms with van der Waals surface area (Å²) in [5, 5.41) is 12.6. The third-order valence-corrected chi connectivity index (χ3v) is 2.35. The Morgan fingerprint density at radius 3 is 2.67 bits per heavy atom. The summed E-state index contributed by atoms with van der Waals surface area (Å²) in [7, 11) is 1.07. The summed E-state index contributed by atoms with van der Waals surface area (Å²) < 4.78 is 46.5. The Bertz CT molecular complexity index is 556. The van der Waals surface area contributed by atoms with E-state index >= 15 is 0 Å². The van der Waals surface area contributed by atoms with Crippen LogP contribution in [0.15, 0.2) is 30.6 Å². The predicted molar refractivity (Wildman–Crippen MR) is 56.1 cm³/mol. The SMILES string of the molecule is COc1c(F)cc(O)cc1C(F)(F)n1cccn1. The number of benzene rings is 1. The van der Waals surface area contributed by atoms with E-state index < -0.39 is 28.9 Å². The van der Waals surface area contributed by atoms with Gasteiger partial charge in [0.15, 0.2) is 11.6 Å². The molecule has 0 spiro atoms. The number of hydrogen-bond donors (Lipinski definition) is 1. The van der Waals surface area contributed by atoms with Crippen LogP contribution in [0, 0.1) is 5.82 Å². The second kappa shape index (κ2) is 4.25. The number of methoxy groups -OCH3 is 1. The summed E-state index contributed by atoms with van der Waals surface area (Å²) in [5.74, 6) is -2.32. The van der Waals surface area contributed by atoms with Crippen LogP contribution in [0.25, 0.3) is 0 Å². The third-order valence-electron chi connectivity index (χ3n) is 2.35. The molecule has 0 saturated carbocycles. The molecule has 1 heterocycles. The highest BCUT2D eigenvalue weighted by Gasteiger charge is 2.39. The molecule has 0 bridgehead atoms. The summed E-state index contributed by atoms with van der Waals surface area (Å²) in [6.07, 6.45) is 2.20. The molecule has 0 amide bonds. The molecular formula is C11H9F3N2O2. The summed E-state index contributed by atoms with van der Waals surface area (Å²) in [4.78, 5) is 0. The minimum absolute atomic E-state index is 0.351. The van der Waals surface area contributed by atoms with Crippen molar-refractivity contribution in [1.82, 2.24) is 9.78 Å². The van der Waals surface area contributed by atoms with Crippen LogP contribution in [0.5, 0.6) is 11.5 Å². The largest absolute Gasteiger partial charge is 0.508 e. The molecule has 1 aromatic carbocycles. The van der Waals surface area contributed by atoms with Gasteiger partial charge >= 0.3 is 6.05 Å². The number of nitrogens with zero attached hydrogens (tertiary/aromatic N) is 2. The number of phenolic OH excluding ortho intramolecular Hbond substituents is 1. The Hall–Kier alpha value is -2.18. The van der Waals surface area contributed by atoms with Crippen molar-refractivity contribution in [3.63, 3.8) is 0 Å². The van der Waals surface area contributed by atoms with E-state index in [0.29, 0.717) is 10.7 Å². The molecule has 2 rings (SSSR count). The smallest absolute Gasteiger partial charge is 0.374 e. The maximum absolute atomic E-state index is 14.1. The first-order valence-corrected chi connectivity index (χ1v) is 4.91. The fourth-order valence-corrected chi connectivity index (χ4v) is 1.57. The lowest BCUT2D eigenvalue weighted by Crippen LogP contribution is -2.26. The Morgan fingerprint density at radius 2 is 2.11 bits per heavy atom. The Labute approximate surface area is 100 Å². The van der Waals surface area contributed by atoms with Gasteiger partial charge in [-0.2, -0.15) is 13.9 Å². The second-order valence-corrected chi connectivity index (χ2v) is 3.50. The maximum atomic E-state index is 14.1. The van der Waals surface area contributed by atoms with Crippen LogP contribution in [0.1, 0.15) is 5.56 Å². The standard InChI is InChI=1S/C11H9F3N2O2/c1-18-10-8(5-7(17)6-9(10)12)11(13,14)16-4-2-3-15-16/h2-6,17H,1H3. The van der Waals surface area contributed by atoms with Gasteiger partial charge in [-0.05, 0) is 12.1 Å². The van der Waals surface area contributed by atoms with Crippen LogP contribution in [-0.4, -0.2) is 22.0 Å². The molecule has 18 heavy (non-hydrogen) atoms. The third kappa shape index (κ3) is 1.87. The summed E-state index contributed by atoms with van der Waals surface area (Å²) in [6.45, 7) is 0. The number of halogens is 3. The van der Waals surface area contributed by atoms with E-state index in [1.54, 1.807) is 0 Å². The molecule has 96 valence electrons. The van der Waals surface area contributed by atoms with Crippen molar-refractivity contribution in [1.29, 1.82) is 0 Å². The van der Waals surface area contributed by atoms with Crippen LogP contribution >= 0.6 is 0 Å². The predicted octanol–water partition coefficient (Wildman–Crippen LogP) is 2.33. The molecule has 0 aliphatic rings. The summed E-state index contributed by atoms with van der Waals surface area (Å²) in [5.41, 5.74) is -0.800. The van der Waals surface area contributed by atoms with Gasteiger partial charge < -0.3 is 9.84 Å². The monoisotopic (exact) mass is 258 g/mol. The zero-order valence-electron chi connectivity index (χ0n) is 9.27. The summed E-state index contributed by atoms with van der Waals surface area (Å²) >= 11 is 0. The zero-order valence-corrected chi connectivity index (χ0v) is 9.27. The number of aromatic nitrogens is 2. The van der Waals surface area contributed by atoms with Crippen LogP contribution in [-0.2, 0) is 6.05 Å². The second-order valence-electron chi connectivity index (χ2n) is 3.50. The van der Waals surface area contributed by atoms with E-state index in [9.17, 15) is 18.3 Å². The molecule has 0 atom stereocenters. The normalized spacial score (nSPS) is 11.6. The number of hydrogen-bond acceptors (Lipinski definition) is 3. The molecule has 7 heteroatoms. The minimum atomic E-state index is -3.63. The van der Waals surface area contributed by atoms with Crippen molar-refractivity contribution in [3.05, 3.63) is 42.0 Å². The minimum Gasteiger partial charge on any atom is -0.508 e. The Morgan fingerprint density at radius 1 is 1.39 bits per heavy atom. The maximum Gasteiger partial charge on any atom is 0.374 e. The molecule has 4 nitrogen and oxygen atoms in total. The lowest BCUT2D eigenvalue weighted by molar-refractivity contribution is -0.0505. The number of rotatable bonds is 3. The molecule has 0 aliphatic carbocycles. The molecule has 0 aliphatic heterocycles.